The van der Waals surface area contributed by atoms with Crippen LogP contribution in [-0.2, 0) is 13.8 Å². The van der Waals surface area contributed by atoms with Gasteiger partial charge in [-0.25, -0.2) is 8.42 Å². The Labute approximate surface area is 105 Å². The van der Waals surface area contributed by atoms with E-state index < -0.39 is 9.05 Å². The molecule has 1 aliphatic heterocycles. The highest BCUT2D eigenvalue weighted by atomic mass is 35.7. The van der Waals surface area contributed by atoms with E-state index in [-0.39, 0.29) is 10.9 Å². The first kappa shape index (κ1) is 12.9. The van der Waals surface area contributed by atoms with Crippen LogP contribution in [0.15, 0.2) is 4.90 Å². The number of rotatable bonds is 2. The Morgan fingerprint density at radius 3 is 2.65 bits per heavy atom. The lowest BCUT2D eigenvalue weighted by atomic mass is 10.1. The van der Waals surface area contributed by atoms with E-state index in [1.54, 1.807) is 18.5 Å². The third-order valence-corrected chi connectivity index (χ3v) is 4.53. The van der Waals surface area contributed by atoms with Crippen molar-refractivity contribution in [3.05, 3.63) is 11.4 Å². The van der Waals surface area contributed by atoms with Crippen LogP contribution in [0.2, 0.25) is 0 Å². The van der Waals surface area contributed by atoms with Crippen molar-refractivity contribution in [3.63, 3.8) is 0 Å². The summed E-state index contributed by atoms with van der Waals surface area (Å²) >= 11 is 0. The molecule has 1 aromatic heterocycles. The molecule has 2 rings (SSSR count). The number of aryl methyl sites for hydroxylation is 1. The van der Waals surface area contributed by atoms with Crippen molar-refractivity contribution in [2.24, 2.45) is 0 Å². The second kappa shape index (κ2) is 4.59. The van der Waals surface area contributed by atoms with Crippen LogP contribution < -0.4 is 0 Å². The van der Waals surface area contributed by atoms with Gasteiger partial charge in [-0.05, 0) is 26.7 Å². The Bertz CT molecular complexity index is 518. The lowest BCUT2D eigenvalue weighted by Gasteiger charge is -2.23. The van der Waals surface area contributed by atoms with E-state index in [9.17, 15) is 8.42 Å². The topological polar surface area (TPSA) is 61.2 Å². The summed E-state index contributed by atoms with van der Waals surface area (Å²) in [6.45, 7) is 4.71. The van der Waals surface area contributed by atoms with E-state index in [1.165, 1.54) is 0 Å². The second-order valence-electron chi connectivity index (χ2n) is 4.25. The first-order chi connectivity index (χ1) is 7.91. The first-order valence-electron chi connectivity index (χ1n) is 5.49. The fraction of sp³-hybridized carbons (Fsp3) is 0.700. The molecule has 0 radical (unpaired) electrons. The van der Waals surface area contributed by atoms with Crippen LogP contribution in [0, 0.1) is 13.8 Å². The zero-order chi connectivity index (χ0) is 12.6. The fourth-order valence-electron chi connectivity index (χ4n) is 2.27. The minimum absolute atomic E-state index is 0.106. The number of hydrogen-bond acceptors (Lipinski definition) is 4. The van der Waals surface area contributed by atoms with E-state index in [0.29, 0.717) is 18.0 Å². The predicted octanol–water partition coefficient (Wildman–Crippen LogP) is 1.78. The normalized spacial score (nSPS) is 21.7. The molecule has 0 spiro atoms. The highest BCUT2D eigenvalue weighted by molar-refractivity contribution is 8.13. The smallest absolute Gasteiger partial charge is 0.264 e. The summed E-state index contributed by atoms with van der Waals surface area (Å²) in [6, 6.07) is 0.106. The number of nitrogens with zero attached hydrogens (tertiary/aromatic N) is 2. The molecule has 0 aromatic carbocycles. The van der Waals surface area contributed by atoms with Gasteiger partial charge in [-0.3, -0.25) is 4.68 Å². The van der Waals surface area contributed by atoms with Gasteiger partial charge in [0, 0.05) is 17.3 Å². The molecule has 7 heteroatoms. The van der Waals surface area contributed by atoms with Crippen molar-refractivity contribution in [1.29, 1.82) is 0 Å². The van der Waals surface area contributed by atoms with Gasteiger partial charge in [0.25, 0.3) is 9.05 Å². The molecule has 1 atom stereocenters. The summed E-state index contributed by atoms with van der Waals surface area (Å²) in [6.07, 6.45) is 1.91. The first-order valence-corrected chi connectivity index (χ1v) is 7.80. The number of ether oxygens (including phenoxy) is 1. The molecule has 1 fully saturated rings. The molecule has 17 heavy (non-hydrogen) atoms. The minimum Gasteiger partial charge on any atom is -0.379 e. The van der Waals surface area contributed by atoms with E-state index in [1.807, 2.05) is 0 Å². The van der Waals surface area contributed by atoms with Crippen molar-refractivity contribution in [2.75, 3.05) is 13.2 Å². The molecule has 0 N–H and O–H groups in total. The molecule has 1 unspecified atom stereocenters. The summed E-state index contributed by atoms with van der Waals surface area (Å²) in [5.74, 6) is 0. The summed E-state index contributed by atoms with van der Waals surface area (Å²) in [7, 11) is 1.68. The van der Waals surface area contributed by atoms with Gasteiger partial charge in [-0.2, -0.15) is 5.10 Å². The monoisotopic (exact) mass is 278 g/mol. The minimum atomic E-state index is -3.73. The van der Waals surface area contributed by atoms with Gasteiger partial charge in [0.05, 0.1) is 24.0 Å². The maximum absolute atomic E-state index is 11.5. The zero-order valence-corrected chi connectivity index (χ0v) is 11.4. The van der Waals surface area contributed by atoms with Crippen molar-refractivity contribution in [1.82, 2.24) is 9.78 Å². The molecule has 1 saturated heterocycles. The molecule has 2 heterocycles. The molecule has 1 aromatic rings. The lowest BCUT2D eigenvalue weighted by molar-refractivity contribution is 0.0540. The van der Waals surface area contributed by atoms with Crippen molar-refractivity contribution >= 4 is 19.7 Å². The maximum atomic E-state index is 11.5. The number of halogens is 1. The van der Waals surface area contributed by atoms with Gasteiger partial charge in [0.15, 0.2) is 0 Å². The Hall–Kier alpha value is -0.590. The molecule has 0 amide bonds. The molecular weight excluding hydrogens is 264 g/mol. The third-order valence-electron chi connectivity index (χ3n) is 2.98. The Balaban J connectivity index is 2.43. The van der Waals surface area contributed by atoms with Gasteiger partial charge in [0.2, 0.25) is 0 Å². The number of aromatic nitrogens is 2. The van der Waals surface area contributed by atoms with Gasteiger partial charge in [-0.15, -0.1) is 0 Å². The van der Waals surface area contributed by atoms with Crippen LogP contribution in [0.25, 0.3) is 0 Å². The van der Waals surface area contributed by atoms with Gasteiger partial charge in [-0.1, -0.05) is 0 Å². The standard InChI is InChI=1S/C10H15ClN2O3S/c1-7-10(17(11,14)15)8(2)13(12-7)9-4-3-5-16-6-9/h9H,3-6H2,1-2H3. The molecule has 0 bridgehead atoms. The number of hydrogen-bond donors (Lipinski definition) is 0. The average molecular weight is 279 g/mol. The molecule has 0 aliphatic carbocycles. The van der Waals surface area contributed by atoms with Crippen LogP contribution in [0.3, 0.4) is 0 Å². The average Bonchev–Trinajstić information content (AvgIpc) is 2.54. The van der Waals surface area contributed by atoms with Crippen molar-refractivity contribution in [2.45, 2.75) is 37.6 Å². The largest absolute Gasteiger partial charge is 0.379 e. The highest BCUT2D eigenvalue weighted by Crippen LogP contribution is 2.28. The zero-order valence-electron chi connectivity index (χ0n) is 9.81. The third kappa shape index (κ3) is 2.48. The Morgan fingerprint density at radius 1 is 1.47 bits per heavy atom. The maximum Gasteiger partial charge on any atom is 0.264 e. The molecule has 5 nitrogen and oxygen atoms in total. The Morgan fingerprint density at radius 2 is 2.18 bits per heavy atom. The van der Waals surface area contributed by atoms with Crippen LogP contribution >= 0.6 is 10.7 Å². The van der Waals surface area contributed by atoms with Crippen LogP contribution in [0.5, 0.6) is 0 Å². The lowest BCUT2D eigenvalue weighted by Crippen LogP contribution is -2.23. The van der Waals surface area contributed by atoms with Crippen molar-refractivity contribution in [3.8, 4) is 0 Å². The SMILES string of the molecule is Cc1nn(C2CCCOC2)c(C)c1S(=O)(=O)Cl. The quantitative estimate of drug-likeness (QED) is 0.774. The summed E-state index contributed by atoms with van der Waals surface area (Å²) < 4.78 is 30.0. The summed E-state index contributed by atoms with van der Waals surface area (Å²) in [5, 5.41) is 4.27. The Kier molecular flexibility index (Phi) is 3.47. The predicted molar refractivity (Wildman–Crippen MR) is 63.8 cm³/mol. The van der Waals surface area contributed by atoms with E-state index >= 15 is 0 Å². The van der Waals surface area contributed by atoms with E-state index in [4.69, 9.17) is 15.4 Å². The van der Waals surface area contributed by atoms with Crippen LogP contribution in [0.4, 0.5) is 0 Å². The van der Waals surface area contributed by atoms with Gasteiger partial charge in [0.1, 0.15) is 4.90 Å². The van der Waals surface area contributed by atoms with Gasteiger partial charge >= 0.3 is 0 Å². The van der Waals surface area contributed by atoms with Crippen molar-refractivity contribution < 1.29 is 13.2 Å². The highest BCUT2D eigenvalue weighted by Gasteiger charge is 2.26. The fourth-order valence-corrected chi connectivity index (χ4v) is 3.78. The molecule has 0 saturated carbocycles. The van der Waals surface area contributed by atoms with E-state index in [0.717, 1.165) is 19.4 Å². The van der Waals surface area contributed by atoms with E-state index in [2.05, 4.69) is 5.10 Å². The molecule has 96 valence electrons. The second-order valence-corrected chi connectivity index (χ2v) is 6.76. The molecular formula is C10H15ClN2O3S. The van der Waals surface area contributed by atoms with Crippen LogP contribution in [-0.4, -0.2) is 31.4 Å². The molecule has 1 aliphatic rings. The summed E-state index contributed by atoms with van der Waals surface area (Å²) in [4.78, 5) is 0.129. The van der Waals surface area contributed by atoms with Gasteiger partial charge < -0.3 is 4.74 Å². The van der Waals surface area contributed by atoms with Crippen LogP contribution in [0.1, 0.15) is 30.3 Å². The summed E-state index contributed by atoms with van der Waals surface area (Å²) in [5.41, 5.74) is 1.04.